The molecule has 1 aromatic carbocycles. The summed E-state index contributed by atoms with van der Waals surface area (Å²) in [4.78, 5) is 2.24. The first-order valence-electron chi connectivity index (χ1n) is 6.95. The van der Waals surface area contributed by atoms with E-state index in [1.807, 2.05) is 24.3 Å². The Labute approximate surface area is 118 Å². The quantitative estimate of drug-likeness (QED) is 0.883. The fraction of sp³-hybridized carbons (Fsp3) is 0.467. The van der Waals surface area contributed by atoms with Gasteiger partial charge in [0.2, 0.25) is 0 Å². The Morgan fingerprint density at radius 1 is 1.35 bits per heavy atom. The number of piperazine rings is 1. The van der Waals surface area contributed by atoms with E-state index in [0.717, 1.165) is 42.9 Å². The minimum absolute atomic E-state index is 0.591. The molecule has 0 spiro atoms. The molecule has 2 heterocycles. The Morgan fingerprint density at radius 2 is 2.15 bits per heavy atom. The van der Waals surface area contributed by atoms with Crippen molar-refractivity contribution >= 4 is 11.0 Å². The lowest BCUT2D eigenvalue weighted by Gasteiger charge is -2.28. The van der Waals surface area contributed by atoms with Gasteiger partial charge in [-0.2, -0.15) is 0 Å². The second kappa shape index (κ2) is 5.83. The van der Waals surface area contributed by atoms with Crippen LogP contribution in [-0.4, -0.2) is 49.8 Å². The van der Waals surface area contributed by atoms with Gasteiger partial charge in [-0.25, -0.2) is 0 Å². The third-order valence-electron chi connectivity index (χ3n) is 3.71. The van der Waals surface area contributed by atoms with Gasteiger partial charge in [-0.1, -0.05) is 0 Å². The van der Waals surface area contributed by atoms with E-state index in [0.29, 0.717) is 12.3 Å². The van der Waals surface area contributed by atoms with Gasteiger partial charge in [-0.3, -0.25) is 4.90 Å². The van der Waals surface area contributed by atoms with Crippen molar-refractivity contribution in [1.82, 2.24) is 10.2 Å². The number of aliphatic hydroxyl groups excluding tert-OH is 1. The summed E-state index contributed by atoms with van der Waals surface area (Å²) in [5.74, 6) is 1.41. The Bertz CT molecular complexity index is 576. The second-order valence-electron chi connectivity index (χ2n) is 5.12. The maximum atomic E-state index is 10.3. The topological polar surface area (TPSA) is 57.9 Å². The maximum absolute atomic E-state index is 10.3. The molecular formula is C15H20N2O3. The number of benzene rings is 1. The van der Waals surface area contributed by atoms with Crippen LogP contribution < -0.4 is 10.1 Å². The zero-order valence-corrected chi connectivity index (χ0v) is 11.6. The fourth-order valence-corrected chi connectivity index (χ4v) is 2.56. The van der Waals surface area contributed by atoms with Crippen LogP contribution >= 0.6 is 0 Å². The molecule has 0 amide bonds. The molecule has 2 N–H and O–H groups in total. The van der Waals surface area contributed by atoms with E-state index >= 15 is 0 Å². The van der Waals surface area contributed by atoms with Crippen molar-refractivity contribution in [1.29, 1.82) is 0 Å². The van der Waals surface area contributed by atoms with Crippen molar-refractivity contribution in [3.05, 3.63) is 30.0 Å². The van der Waals surface area contributed by atoms with E-state index in [1.54, 1.807) is 7.11 Å². The van der Waals surface area contributed by atoms with Crippen molar-refractivity contribution in [2.75, 3.05) is 39.8 Å². The van der Waals surface area contributed by atoms with Crippen LogP contribution in [-0.2, 0) is 0 Å². The molecule has 1 fully saturated rings. The van der Waals surface area contributed by atoms with Crippen LogP contribution in [0.5, 0.6) is 5.75 Å². The van der Waals surface area contributed by atoms with E-state index in [-0.39, 0.29) is 0 Å². The molecule has 20 heavy (non-hydrogen) atoms. The lowest BCUT2D eigenvalue weighted by Crippen LogP contribution is -2.44. The number of rotatable bonds is 4. The standard InChI is InChI=1S/C15H20N2O3/c1-19-12-2-3-14-11(8-12)9-15(20-14)13(18)10-17-6-4-16-5-7-17/h2-3,8-9,13,16,18H,4-7,10H2,1H3. The zero-order chi connectivity index (χ0) is 13.9. The molecule has 1 aromatic heterocycles. The Kier molecular flexibility index (Phi) is 3.91. The predicted octanol–water partition coefficient (Wildman–Crippen LogP) is 1.38. The van der Waals surface area contributed by atoms with Crippen LogP contribution in [0.25, 0.3) is 11.0 Å². The normalized spacial score (nSPS) is 18.3. The molecule has 108 valence electrons. The van der Waals surface area contributed by atoms with Crippen molar-refractivity contribution in [2.45, 2.75) is 6.10 Å². The summed E-state index contributed by atoms with van der Waals surface area (Å²) in [5, 5.41) is 14.6. The summed E-state index contributed by atoms with van der Waals surface area (Å²) in [6, 6.07) is 7.54. The largest absolute Gasteiger partial charge is 0.497 e. The highest BCUT2D eigenvalue weighted by atomic mass is 16.5. The number of furan rings is 1. The minimum atomic E-state index is -0.591. The van der Waals surface area contributed by atoms with Crippen LogP contribution in [0.2, 0.25) is 0 Å². The third-order valence-corrected chi connectivity index (χ3v) is 3.71. The van der Waals surface area contributed by atoms with Crippen molar-refractivity contribution in [3.8, 4) is 5.75 Å². The zero-order valence-electron chi connectivity index (χ0n) is 11.6. The molecule has 0 saturated carbocycles. The highest BCUT2D eigenvalue weighted by molar-refractivity contribution is 5.79. The van der Waals surface area contributed by atoms with Gasteiger partial charge in [0.15, 0.2) is 0 Å². The predicted molar refractivity (Wildman–Crippen MR) is 77.0 cm³/mol. The van der Waals surface area contributed by atoms with E-state index in [2.05, 4.69) is 10.2 Å². The van der Waals surface area contributed by atoms with Gasteiger partial charge in [-0.05, 0) is 24.3 Å². The number of nitrogens with one attached hydrogen (secondary N) is 1. The molecule has 1 aliphatic heterocycles. The summed E-state index contributed by atoms with van der Waals surface area (Å²) in [6.07, 6.45) is -0.591. The average Bonchev–Trinajstić information content (AvgIpc) is 2.91. The Balaban J connectivity index is 1.75. The number of hydrogen-bond donors (Lipinski definition) is 2. The molecule has 1 saturated heterocycles. The number of aliphatic hydroxyl groups is 1. The molecule has 3 rings (SSSR count). The summed E-state index contributed by atoms with van der Waals surface area (Å²) in [7, 11) is 1.64. The number of fused-ring (bicyclic) bond motifs is 1. The second-order valence-corrected chi connectivity index (χ2v) is 5.12. The monoisotopic (exact) mass is 276 g/mol. The van der Waals surface area contributed by atoms with Crippen LogP contribution in [0.4, 0.5) is 0 Å². The molecule has 1 atom stereocenters. The summed E-state index contributed by atoms with van der Waals surface area (Å²) in [5.41, 5.74) is 0.778. The number of hydrogen-bond acceptors (Lipinski definition) is 5. The molecule has 5 nitrogen and oxygen atoms in total. The first-order valence-corrected chi connectivity index (χ1v) is 6.95. The number of β-amino-alcohol motifs (C(OH)–C–C–N with tert-alkyl or cyclic N) is 1. The molecular weight excluding hydrogens is 256 g/mol. The first kappa shape index (κ1) is 13.4. The van der Waals surface area contributed by atoms with Gasteiger partial charge in [0, 0.05) is 38.1 Å². The molecule has 0 radical (unpaired) electrons. The van der Waals surface area contributed by atoms with E-state index < -0.39 is 6.10 Å². The van der Waals surface area contributed by atoms with E-state index in [1.165, 1.54) is 0 Å². The molecule has 1 unspecified atom stereocenters. The molecule has 0 aliphatic carbocycles. The number of methoxy groups -OCH3 is 1. The highest BCUT2D eigenvalue weighted by Crippen LogP contribution is 2.27. The lowest BCUT2D eigenvalue weighted by molar-refractivity contribution is 0.0897. The summed E-state index contributed by atoms with van der Waals surface area (Å²) >= 11 is 0. The van der Waals surface area contributed by atoms with Crippen molar-refractivity contribution in [3.63, 3.8) is 0 Å². The first-order chi connectivity index (χ1) is 9.76. The van der Waals surface area contributed by atoms with E-state index in [9.17, 15) is 5.11 Å². The lowest BCUT2D eigenvalue weighted by atomic mass is 10.2. The summed E-state index contributed by atoms with van der Waals surface area (Å²) in [6.45, 7) is 4.49. The molecule has 5 heteroatoms. The number of nitrogens with zero attached hydrogens (tertiary/aromatic N) is 1. The van der Waals surface area contributed by atoms with Crippen LogP contribution in [0.1, 0.15) is 11.9 Å². The van der Waals surface area contributed by atoms with Gasteiger partial charge < -0.3 is 19.6 Å². The van der Waals surface area contributed by atoms with Crippen molar-refractivity contribution < 1.29 is 14.3 Å². The van der Waals surface area contributed by atoms with Crippen LogP contribution in [0.15, 0.2) is 28.7 Å². The number of ether oxygens (including phenoxy) is 1. The Hall–Kier alpha value is -1.56. The molecule has 2 aromatic rings. The maximum Gasteiger partial charge on any atom is 0.135 e. The van der Waals surface area contributed by atoms with Crippen LogP contribution in [0.3, 0.4) is 0 Å². The summed E-state index contributed by atoms with van der Waals surface area (Å²) < 4.78 is 10.9. The highest BCUT2D eigenvalue weighted by Gasteiger charge is 2.19. The SMILES string of the molecule is COc1ccc2oc(C(O)CN3CCNCC3)cc2c1. The average molecular weight is 276 g/mol. The smallest absolute Gasteiger partial charge is 0.135 e. The van der Waals surface area contributed by atoms with Gasteiger partial charge in [0.05, 0.1) is 7.11 Å². The van der Waals surface area contributed by atoms with Gasteiger partial charge in [0.1, 0.15) is 23.2 Å². The minimum Gasteiger partial charge on any atom is -0.497 e. The van der Waals surface area contributed by atoms with Crippen LogP contribution in [0, 0.1) is 0 Å². The van der Waals surface area contributed by atoms with Gasteiger partial charge in [-0.15, -0.1) is 0 Å². The molecule has 0 bridgehead atoms. The van der Waals surface area contributed by atoms with Gasteiger partial charge in [0.25, 0.3) is 0 Å². The Morgan fingerprint density at radius 3 is 2.90 bits per heavy atom. The van der Waals surface area contributed by atoms with Gasteiger partial charge >= 0.3 is 0 Å². The molecule has 1 aliphatic rings. The van der Waals surface area contributed by atoms with E-state index in [4.69, 9.17) is 9.15 Å². The third kappa shape index (κ3) is 2.80. The fourth-order valence-electron chi connectivity index (χ4n) is 2.56. The van der Waals surface area contributed by atoms with Crippen molar-refractivity contribution in [2.24, 2.45) is 0 Å².